The maximum atomic E-state index is 11.9. The van der Waals surface area contributed by atoms with Crippen LogP contribution in [0.3, 0.4) is 0 Å². The second-order valence-electron chi connectivity index (χ2n) is 6.59. The fourth-order valence-electron chi connectivity index (χ4n) is 3.88. The number of nitrogens with one attached hydrogen (secondary N) is 1. The molecule has 0 radical (unpaired) electrons. The lowest BCUT2D eigenvalue weighted by molar-refractivity contribution is -0.148. The van der Waals surface area contributed by atoms with Gasteiger partial charge < -0.3 is 10.1 Å². The molecule has 7 heteroatoms. The summed E-state index contributed by atoms with van der Waals surface area (Å²) in [6.07, 6.45) is 5.27. The molecular weight excluding hydrogens is 373 g/mol. The Kier molecular flexibility index (Phi) is 5.58. The molecule has 1 N–H and O–H groups in total. The molecule has 0 spiro atoms. The summed E-state index contributed by atoms with van der Waals surface area (Å²) in [5.41, 5.74) is 0.261. The largest absolute Gasteiger partial charge is 0.456 e. The molecule has 2 aliphatic carbocycles. The summed E-state index contributed by atoms with van der Waals surface area (Å²) in [7, 11) is 0. The molecule has 2 saturated carbocycles. The highest BCUT2D eigenvalue weighted by Gasteiger charge is 2.40. The number of esters is 1. The van der Waals surface area contributed by atoms with Crippen molar-refractivity contribution in [3.8, 4) is 0 Å². The zero-order chi connectivity index (χ0) is 17.3. The molecule has 0 aliphatic heterocycles. The molecule has 0 aromatic heterocycles. The van der Waals surface area contributed by atoms with Crippen molar-refractivity contribution in [2.24, 2.45) is 17.8 Å². The van der Waals surface area contributed by atoms with E-state index in [1.165, 1.54) is 31.4 Å². The number of fused-ring (bicyclic) bond motifs is 2. The Balaban J connectivity index is 1.46. The summed E-state index contributed by atoms with van der Waals surface area (Å²) in [5.74, 6) is 1.05. The molecule has 130 valence electrons. The number of benzene rings is 1. The lowest BCUT2D eigenvalue weighted by atomic mass is 9.86. The first kappa shape index (κ1) is 17.8. The normalized spacial score (nSPS) is 24.9. The molecule has 3 atom stereocenters. The van der Waals surface area contributed by atoms with Crippen molar-refractivity contribution in [2.45, 2.75) is 32.1 Å². The van der Waals surface area contributed by atoms with E-state index in [-0.39, 0.29) is 28.3 Å². The smallest absolute Gasteiger partial charge is 0.306 e. The van der Waals surface area contributed by atoms with Gasteiger partial charge in [-0.25, -0.2) is 0 Å². The quantitative estimate of drug-likeness (QED) is 0.723. The predicted molar refractivity (Wildman–Crippen MR) is 94.6 cm³/mol. The Labute approximate surface area is 155 Å². The SMILES string of the molecule is O=C(COC(=O)C[C@@H]1C[C@H]2CC[C@@H]1C2)Nc1c(Cl)cc(Cl)cc1Cl. The predicted octanol–water partition coefficient (Wildman–Crippen LogP) is 4.95. The number of halogens is 3. The van der Waals surface area contributed by atoms with Crippen LogP contribution in [0.1, 0.15) is 32.1 Å². The molecule has 1 aromatic carbocycles. The third-order valence-corrected chi connectivity index (χ3v) is 5.76. The Morgan fingerprint density at radius 2 is 1.83 bits per heavy atom. The molecule has 24 heavy (non-hydrogen) atoms. The Morgan fingerprint density at radius 3 is 2.42 bits per heavy atom. The lowest BCUT2D eigenvalue weighted by Gasteiger charge is -2.20. The van der Waals surface area contributed by atoms with Crippen molar-refractivity contribution >= 4 is 52.4 Å². The summed E-state index contributed by atoms with van der Waals surface area (Å²) in [4.78, 5) is 23.9. The second-order valence-corrected chi connectivity index (χ2v) is 7.84. The van der Waals surface area contributed by atoms with E-state index in [1.807, 2.05) is 0 Å². The number of hydrogen-bond donors (Lipinski definition) is 1. The van der Waals surface area contributed by atoms with Crippen LogP contribution in [0.5, 0.6) is 0 Å². The van der Waals surface area contributed by atoms with Crippen LogP contribution in [0.15, 0.2) is 12.1 Å². The first-order chi connectivity index (χ1) is 11.4. The first-order valence-corrected chi connectivity index (χ1v) is 9.15. The van der Waals surface area contributed by atoms with Gasteiger partial charge in [-0.2, -0.15) is 0 Å². The average Bonchev–Trinajstić information content (AvgIpc) is 3.11. The van der Waals surface area contributed by atoms with Gasteiger partial charge in [-0.15, -0.1) is 0 Å². The van der Waals surface area contributed by atoms with Crippen molar-refractivity contribution in [2.75, 3.05) is 11.9 Å². The monoisotopic (exact) mass is 389 g/mol. The first-order valence-electron chi connectivity index (χ1n) is 8.02. The van der Waals surface area contributed by atoms with Gasteiger partial charge in [0.25, 0.3) is 5.91 Å². The highest BCUT2D eigenvalue weighted by atomic mass is 35.5. The minimum absolute atomic E-state index is 0.231. The van der Waals surface area contributed by atoms with Crippen LogP contribution in [-0.2, 0) is 14.3 Å². The topological polar surface area (TPSA) is 55.4 Å². The minimum Gasteiger partial charge on any atom is -0.456 e. The van der Waals surface area contributed by atoms with E-state index in [9.17, 15) is 9.59 Å². The molecule has 1 aromatic rings. The number of amides is 1. The Hall–Kier alpha value is -0.970. The van der Waals surface area contributed by atoms with Gasteiger partial charge in [0, 0.05) is 11.4 Å². The van der Waals surface area contributed by atoms with Crippen LogP contribution < -0.4 is 5.32 Å². The Morgan fingerprint density at radius 1 is 1.12 bits per heavy atom. The molecular formula is C17H18Cl3NO3. The van der Waals surface area contributed by atoms with Crippen LogP contribution in [0.25, 0.3) is 0 Å². The minimum atomic E-state index is -0.484. The van der Waals surface area contributed by atoms with Gasteiger partial charge >= 0.3 is 5.97 Å². The number of rotatable bonds is 5. The van der Waals surface area contributed by atoms with Gasteiger partial charge in [0.1, 0.15) is 0 Å². The van der Waals surface area contributed by atoms with Crippen LogP contribution >= 0.6 is 34.8 Å². The van der Waals surface area contributed by atoms with Crippen molar-refractivity contribution in [1.82, 2.24) is 0 Å². The van der Waals surface area contributed by atoms with Crippen LogP contribution in [-0.4, -0.2) is 18.5 Å². The summed E-state index contributed by atoms with van der Waals surface area (Å²) >= 11 is 17.8. The Bertz CT molecular complexity index is 641. The third-order valence-electron chi connectivity index (χ3n) is 4.95. The maximum Gasteiger partial charge on any atom is 0.306 e. The van der Waals surface area contributed by atoms with E-state index < -0.39 is 5.91 Å². The second kappa shape index (κ2) is 7.51. The fourth-order valence-corrected chi connectivity index (χ4v) is 4.79. The van der Waals surface area contributed by atoms with Crippen LogP contribution in [0, 0.1) is 17.8 Å². The fraction of sp³-hybridized carbons (Fsp3) is 0.529. The van der Waals surface area contributed by atoms with E-state index in [0.29, 0.717) is 23.3 Å². The molecule has 0 saturated heterocycles. The molecule has 0 heterocycles. The van der Waals surface area contributed by atoms with Crippen LogP contribution in [0.4, 0.5) is 5.69 Å². The molecule has 2 fully saturated rings. The standard InChI is InChI=1S/C17H18Cl3NO3/c18-12-6-13(19)17(14(20)7-12)21-15(22)8-24-16(23)5-11-4-9-1-2-10(11)3-9/h6-7,9-11H,1-5,8H2,(H,21,22)/t9-,10+,11-/m0/s1. The average molecular weight is 391 g/mol. The third kappa shape index (κ3) is 4.16. The van der Waals surface area contributed by atoms with Crippen molar-refractivity contribution < 1.29 is 14.3 Å². The van der Waals surface area contributed by atoms with E-state index in [0.717, 1.165) is 12.3 Å². The van der Waals surface area contributed by atoms with Gasteiger partial charge in [-0.3, -0.25) is 9.59 Å². The van der Waals surface area contributed by atoms with Crippen molar-refractivity contribution in [3.63, 3.8) is 0 Å². The zero-order valence-corrected chi connectivity index (χ0v) is 15.3. The number of carbonyl (C=O) groups is 2. The van der Waals surface area contributed by atoms with E-state index in [1.54, 1.807) is 0 Å². The summed E-state index contributed by atoms with van der Waals surface area (Å²) in [5, 5.41) is 3.38. The van der Waals surface area contributed by atoms with Gasteiger partial charge in [-0.05, 0) is 49.1 Å². The highest BCUT2D eigenvalue weighted by Crippen LogP contribution is 2.49. The molecule has 2 bridgehead atoms. The number of carbonyl (C=O) groups excluding carboxylic acids is 2. The van der Waals surface area contributed by atoms with Gasteiger partial charge in [0.2, 0.25) is 0 Å². The summed E-state index contributed by atoms with van der Waals surface area (Å²) < 4.78 is 5.09. The van der Waals surface area contributed by atoms with Gasteiger partial charge in [0.15, 0.2) is 6.61 Å². The molecule has 1 amide bonds. The molecule has 3 rings (SSSR count). The number of ether oxygens (including phenoxy) is 1. The molecule has 4 nitrogen and oxygen atoms in total. The van der Waals surface area contributed by atoms with Crippen LogP contribution in [0.2, 0.25) is 15.1 Å². The zero-order valence-electron chi connectivity index (χ0n) is 13.0. The van der Waals surface area contributed by atoms with Gasteiger partial charge in [0.05, 0.1) is 15.7 Å². The molecule has 0 unspecified atom stereocenters. The van der Waals surface area contributed by atoms with E-state index in [4.69, 9.17) is 39.5 Å². The van der Waals surface area contributed by atoms with Crippen molar-refractivity contribution in [3.05, 3.63) is 27.2 Å². The number of anilines is 1. The van der Waals surface area contributed by atoms with Gasteiger partial charge in [-0.1, -0.05) is 41.2 Å². The van der Waals surface area contributed by atoms with E-state index in [2.05, 4.69) is 5.32 Å². The number of hydrogen-bond acceptors (Lipinski definition) is 3. The molecule has 2 aliphatic rings. The van der Waals surface area contributed by atoms with E-state index >= 15 is 0 Å². The summed E-state index contributed by atoms with van der Waals surface area (Å²) in [6, 6.07) is 2.96. The highest BCUT2D eigenvalue weighted by molar-refractivity contribution is 6.42. The lowest BCUT2D eigenvalue weighted by Crippen LogP contribution is -2.23. The van der Waals surface area contributed by atoms with Crippen molar-refractivity contribution in [1.29, 1.82) is 0 Å². The summed E-state index contributed by atoms with van der Waals surface area (Å²) in [6.45, 7) is -0.352. The maximum absolute atomic E-state index is 11.9.